The van der Waals surface area contributed by atoms with Gasteiger partial charge in [0.15, 0.2) is 0 Å². The lowest BCUT2D eigenvalue weighted by atomic mass is 9.97. The predicted octanol–water partition coefficient (Wildman–Crippen LogP) is 2.00. The molecule has 0 bridgehead atoms. The smallest absolute Gasteiger partial charge is 0.410 e. The number of ether oxygens (including phenoxy) is 1. The highest BCUT2D eigenvalue weighted by Gasteiger charge is 2.37. The minimum absolute atomic E-state index is 0.132. The Kier molecular flexibility index (Phi) is 3.61. The summed E-state index contributed by atoms with van der Waals surface area (Å²) in [6.45, 7) is 8.76. The second-order valence-electron chi connectivity index (χ2n) is 6.14. The molecule has 2 aliphatic rings. The molecule has 0 radical (unpaired) electrons. The monoisotopic (exact) mass is 240 g/mol. The SMILES string of the molecule is CC(C)(C)OC(=O)N1CCC[C@H]1[C@@H]1CCNC1. The van der Waals surface area contributed by atoms with Gasteiger partial charge >= 0.3 is 6.09 Å². The van der Waals surface area contributed by atoms with E-state index in [1.54, 1.807) is 0 Å². The highest BCUT2D eigenvalue weighted by atomic mass is 16.6. The number of nitrogens with one attached hydrogen (secondary N) is 1. The zero-order chi connectivity index (χ0) is 12.5. The van der Waals surface area contributed by atoms with Gasteiger partial charge in [0, 0.05) is 12.6 Å². The third-order valence-corrected chi connectivity index (χ3v) is 3.57. The predicted molar refractivity (Wildman–Crippen MR) is 66.9 cm³/mol. The molecule has 0 aliphatic carbocycles. The zero-order valence-electron chi connectivity index (χ0n) is 11.2. The van der Waals surface area contributed by atoms with Gasteiger partial charge in [0.2, 0.25) is 0 Å². The molecular weight excluding hydrogens is 216 g/mol. The van der Waals surface area contributed by atoms with Crippen LogP contribution in [0.2, 0.25) is 0 Å². The Labute approximate surface area is 104 Å². The third kappa shape index (κ3) is 3.12. The minimum atomic E-state index is -0.391. The molecule has 1 N–H and O–H groups in total. The van der Waals surface area contributed by atoms with Crippen LogP contribution in [0.15, 0.2) is 0 Å². The molecule has 4 heteroatoms. The van der Waals surface area contributed by atoms with Crippen LogP contribution in [-0.2, 0) is 4.74 Å². The number of hydrogen-bond donors (Lipinski definition) is 1. The number of nitrogens with zero attached hydrogens (tertiary/aromatic N) is 1. The van der Waals surface area contributed by atoms with Gasteiger partial charge in [-0.2, -0.15) is 0 Å². The second kappa shape index (κ2) is 4.84. The molecule has 0 spiro atoms. The molecule has 98 valence electrons. The van der Waals surface area contributed by atoms with Crippen LogP contribution in [-0.4, -0.2) is 42.3 Å². The first-order valence-electron chi connectivity index (χ1n) is 6.68. The summed E-state index contributed by atoms with van der Waals surface area (Å²) in [4.78, 5) is 14.1. The van der Waals surface area contributed by atoms with Crippen LogP contribution in [0.4, 0.5) is 4.79 Å². The van der Waals surface area contributed by atoms with Crippen molar-refractivity contribution in [2.45, 2.75) is 51.7 Å². The molecule has 2 fully saturated rings. The normalized spacial score (nSPS) is 29.7. The van der Waals surface area contributed by atoms with Crippen molar-refractivity contribution >= 4 is 6.09 Å². The fourth-order valence-corrected chi connectivity index (χ4v) is 2.84. The molecule has 2 rings (SSSR count). The summed E-state index contributed by atoms with van der Waals surface area (Å²) in [6.07, 6.45) is 3.29. The van der Waals surface area contributed by atoms with E-state index < -0.39 is 5.60 Å². The first kappa shape index (κ1) is 12.7. The summed E-state index contributed by atoms with van der Waals surface area (Å²) in [5, 5.41) is 3.38. The lowest BCUT2D eigenvalue weighted by molar-refractivity contribution is 0.0184. The van der Waals surface area contributed by atoms with Gasteiger partial charge in [0.1, 0.15) is 5.60 Å². The van der Waals surface area contributed by atoms with Crippen molar-refractivity contribution in [2.75, 3.05) is 19.6 Å². The molecule has 17 heavy (non-hydrogen) atoms. The molecule has 0 aromatic carbocycles. The number of carbonyl (C=O) groups is 1. The van der Waals surface area contributed by atoms with E-state index in [1.165, 1.54) is 6.42 Å². The van der Waals surface area contributed by atoms with Crippen LogP contribution in [0.3, 0.4) is 0 Å². The molecule has 2 atom stereocenters. The fraction of sp³-hybridized carbons (Fsp3) is 0.923. The van der Waals surface area contributed by atoms with Gasteiger partial charge < -0.3 is 15.0 Å². The van der Waals surface area contributed by atoms with Crippen molar-refractivity contribution in [3.63, 3.8) is 0 Å². The Morgan fingerprint density at radius 1 is 1.35 bits per heavy atom. The van der Waals surface area contributed by atoms with Crippen LogP contribution in [0.5, 0.6) is 0 Å². The molecule has 0 aromatic rings. The van der Waals surface area contributed by atoms with Gasteiger partial charge in [-0.15, -0.1) is 0 Å². The zero-order valence-corrected chi connectivity index (χ0v) is 11.2. The maximum Gasteiger partial charge on any atom is 0.410 e. The maximum absolute atomic E-state index is 12.1. The van der Waals surface area contributed by atoms with Crippen molar-refractivity contribution in [2.24, 2.45) is 5.92 Å². The van der Waals surface area contributed by atoms with E-state index in [9.17, 15) is 4.79 Å². The number of carbonyl (C=O) groups excluding carboxylic acids is 1. The lowest BCUT2D eigenvalue weighted by Gasteiger charge is -2.31. The summed E-state index contributed by atoms with van der Waals surface area (Å²) in [7, 11) is 0. The largest absolute Gasteiger partial charge is 0.444 e. The fourth-order valence-electron chi connectivity index (χ4n) is 2.84. The van der Waals surface area contributed by atoms with Crippen molar-refractivity contribution in [1.29, 1.82) is 0 Å². The summed E-state index contributed by atoms with van der Waals surface area (Å²) in [5.74, 6) is 0.616. The van der Waals surface area contributed by atoms with Gasteiger partial charge in [0.05, 0.1) is 0 Å². The molecular formula is C13H24N2O2. The van der Waals surface area contributed by atoms with Crippen LogP contribution in [0, 0.1) is 5.92 Å². The quantitative estimate of drug-likeness (QED) is 0.762. The molecule has 2 aliphatic heterocycles. The van der Waals surface area contributed by atoms with Crippen LogP contribution in [0.25, 0.3) is 0 Å². The van der Waals surface area contributed by atoms with E-state index in [-0.39, 0.29) is 6.09 Å². The summed E-state index contributed by atoms with van der Waals surface area (Å²) in [6, 6.07) is 0.389. The first-order valence-corrected chi connectivity index (χ1v) is 6.68. The molecule has 0 saturated carbocycles. The van der Waals surface area contributed by atoms with Gasteiger partial charge in [-0.1, -0.05) is 0 Å². The van der Waals surface area contributed by atoms with E-state index >= 15 is 0 Å². The highest BCUT2D eigenvalue weighted by molar-refractivity contribution is 5.69. The third-order valence-electron chi connectivity index (χ3n) is 3.57. The molecule has 0 aromatic heterocycles. The lowest BCUT2D eigenvalue weighted by Crippen LogP contribution is -2.43. The summed E-state index contributed by atoms with van der Waals surface area (Å²) < 4.78 is 5.48. The number of likely N-dealkylation sites (tertiary alicyclic amines) is 1. The molecule has 1 amide bonds. The van der Waals surface area contributed by atoms with E-state index in [0.29, 0.717) is 12.0 Å². The average Bonchev–Trinajstić information content (AvgIpc) is 2.85. The summed E-state index contributed by atoms with van der Waals surface area (Å²) in [5.41, 5.74) is -0.391. The molecule has 4 nitrogen and oxygen atoms in total. The topological polar surface area (TPSA) is 41.6 Å². The van der Waals surface area contributed by atoms with Gasteiger partial charge in [-0.05, 0) is 59.0 Å². The summed E-state index contributed by atoms with van der Waals surface area (Å²) >= 11 is 0. The maximum atomic E-state index is 12.1. The van der Waals surface area contributed by atoms with Crippen molar-refractivity contribution in [3.8, 4) is 0 Å². The van der Waals surface area contributed by atoms with Crippen molar-refractivity contribution < 1.29 is 9.53 Å². The molecule has 0 unspecified atom stereocenters. The Hall–Kier alpha value is -0.770. The van der Waals surface area contributed by atoms with Crippen molar-refractivity contribution in [3.05, 3.63) is 0 Å². The number of amides is 1. The Morgan fingerprint density at radius 2 is 2.12 bits per heavy atom. The van der Waals surface area contributed by atoms with Crippen LogP contribution in [0.1, 0.15) is 40.0 Å². The molecule has 2 saturated heterocycles. The second-order valence-corrected chi connectivity index (χ2v) is 6.14. The van der Waals surface area contributed by atoms with E-state index in [2.05, 4.69) is 5.32 Å². The van der Waals surface area contributed by atoms with E-state index in [4.69, 9.17) is 4.74 Å². The van der Waals surface area contributed by atoms with Gasteiger partial charge in [-0.3, -0.25) is 0 Å². The van der Waals surface area contributed by atoms with E-state index in [0.717, 1.165) is 32.5 Å². The Balaban J connectivity index is 1.96. The van der Waals surface area contributed by atoms with Gasteiger partial charge in [-0.25, -0.2) is 4.79 Å². The minimum Gasteiger partial charge on any atom is -0.444 e. The molecule has 2 heterocycles. The average molecular weight is 240 g/mol. The van der Waals surface area contributed by atoms with Crippen LogP contribution < -0.4 is 5.32 Å². The van der Waals surface area contributed by atoms with Crippen LogP contribution >= 0.6 is 0 Å². The number of rotatable bonds is 1. The number of hydrogen-bond acceptors (Lipinski definition) is 3. The van der Waals surface area contributed by atoms with Gasteiger partial charge in [0.25, 0.3) is 0 Å². The van der Waals surface area contributed by atoms with E-state index in [1.807, 2.05) is 25.7 Å². The first-order chi connectivity index (χ1) is 7.97. The standard InChI is InChI=1S/C13H24N2O2/c1-13(2,3)17-12(16)15-8-4-5-11(15)10-6-7-14-9-10/h10-11,14H,4-9H2,1-3H3/t10-,11+/m1/s1. The Morgan fingerprint density at radius 3 is 2.71 bits per heavy atom. The Bertz CT molecular complexity index is 280. The van der Waals surface area contributed by atoms with Crippen molar-refractivity contribution in [1.82, 2.24) is 10.2 Å². The highest BCUT2D eigenvalue weighted by Crippen LogP contribution is 2.29.